The standard InChI is InChI=1S/C19H16N2O2/c20-19-17(12-22)10-16(11-21-19)15-6-8-18(9-7-15)23-13-14-4-2-1-3-5-14/h1-12H,13H2,(H2,20,21). The number of anilines is 1. The van der Waals surface area contributed by atoms with Crippen LogP contribution >= 0.6 is 0 Å². The molecular formula is C19H16N2O2. The number of nitrogen functional groups attached to an aromatic ring is 1. The van der Waals surface area contributed by atoms with Crippen LogP contribution in [0.5, 0.6) is 5.75 Å². The van der Waals surface area contributed by atoms with Gasteiger partial charge in [-0.3, -0.25) is 4.79 Å². The fourth-order valence-electron chi connectivity index (χ4n) is 2.23. The van der Waals surface area contributed by atoms with E-state index in [4.69, 9.17) is 10.5 Å². The Labute approximate surface area is 134 Å². The fourth-order valence-corrected chi connectivity index (χ4v) is 2.23. The number of hydrogen-bond donors (Lipinski definition) is 1. The number of carbonyl (C=O) groups excluding carboxylic acids is 1. The molecule has 0 aliphatic heterocycles. The molecule has 0 unspecified atom stereocenters. The molecule has 0 spiro atoms. The summed E-state index contributed by atoms with van der Waals surface area (Å²) in [5.41, 5.74) is 8.95. The molecule has 2 aromatic carbocycles. The van der Waals surface area contributed by atoms with Crippen LogP contribution in [0.15, 0.2) is 66.9 Å². The molecule has 0 bridgehead atoms. The summed E-state index contributed by atoms with van der Waals surface area (Å²) in [5.74, 6) is 1.03. The van der Waals surface area contributed by atoms with Crippen molar-refractivity contribution in [3.63, 3.8) is 0 Å². The second kappa shape index (κ2) is 6.75. The Morgan fingerprint density at radius 1 is 1.00 bits per heavy atom. The molecular weight excluding hydrogens is 288 g/mol. The third kappa shape index (κ3) is 3.55. The molecule has 0 radical (unpaired) electrons. The highest BCUT2D eigenvalue weighted by Crippen LogP contribution is 2.24. The Bertz CT molecular complexity index is 799. The van der Waals surface area contributed by atoms with Crippen LogP contribution < -0.4 is 10.5 Å². The highest BCUT2D eigenvalue weighted by Gasteiger charge is 2.04. The smallest absolute Gasteiger partial charge is 0.153 e. The van der Waals surface area contributed by atoms with Gasteiger partial charge in [-0.1, -0.05) is 42.5 Å². The molecule has 4 nitrogen and oxygen atoms in total. The number of pyridine rings is 1. The Hall–Kier alpha value is -3.14. The zero-order valence-electron chi connectivity index (χ0n) is 12.5. The van der Waals surface area contributed by atoms with E-state index in [1.54, 1.807) is 12.3 Å². The van der Waals surface area contributed by atoms with Gasteiger partial charge in [0, 0.05) is 11.8 Å². The number of aromatic nitrogens is 1. The van der Waals surface area contributed by atoms with Crippen molar-refractivity contribution in [3.8, 4) is 16.9 Å². The van der Waals surface area contributed by atoms with Crippen LogP contribution in [0.1, 0.15) is 15.9 Å². The van der Waals surface area contributed by atoms with Crippen LogP contribution in [0.3, 0.4) is 0 Å². The molecule has 23 heavy (non-hydrogen) atoms. The van der Waals surface area contributed by atoms with E-state index in [2.05, 4.69) is 4.98 Å². The van der Waals surface area contributed by atoms with Gasteiger partial charge in [0.15, 0.2) is 6.29 Å². The van der Waals surface area contributed by atoms with Crippen molar-refractivity contribution >= 4 is 12.1 Å². The number of rotatable bonds is 5. The minimum atomic E-state index is 0.242. The van der Waals surface area contributed by atoms with Gasteiger partial charge in [0.25, 0.3) is 0 Å². The monoisotopic (exact) mass is 304 g/mol. The third-order valence-corrected chi connectivity index (χ3v) is 3.51. The molecule has 0 saturated heterocycles. The van der Waals surface area contributed by atoms with E-state index in [0.29, 0.717) is 18.5 Å². The average molecular weight is 304 g/mol. The Kier molecular flexibility index (Phi) is 4.34. The number of carbonyl (C=O) groups is 1. The van der Waals surface area contributed by atoms with Crippen LogP contribution in [-0.2, 0) is 6.61 Å². The largest absolute Gasteiger partial charge is 0.489 e. The van der Waals surface area contributed by atoms with Gasteiger partial charge in [-0.2, -0.15) is 0 Å². The first-order valence-corrected chi connectivity index (χ1v) is 7.24. The van der Waals surface area contributed by atoms with Crippen molar-refractivity contribution in [1.82, 2.24) is 4.98 Å². The molecule has 114 valence electrons. The summed E-state index contributed by atoms with van der Waals surface area (Å²) in [6, 6.07) is 19.4. The molecule has 0 aliphatic carbocycles. The van der Waals surface area contributed by atoms with Crippen LogP contribution in [0.25, 0.3) is 11.1 Å². The maximum absolute atomic E-state index is 10.9. The summed E-state index contributed by atoms with van der Waals surface area (Å²) in [6.45, 7) is 0.527. The van der Waals surface area contributed by atoms with Gasteiger partial charge in [-0.15, -0.1) is 0 Å². The molecule has 2 N–H and O–H groups in total. The lowest BCUT2D eigenvalue weighted by atomic mass is 10.1. The molecule has 1 heterocycles. The summed E-state index contributed by atoms with van der Waals surface area (Å²) >= 11 is 0. The second-order valence-corrected chi connectivity index (χ2v) is 5.11. The van der Waals surface area contributed by atoms with E-state index < -0.39 is 0 Å². The van der Waals surface area contributed by atoms with Crippen molar-refractivity contribution in [2.75, 3.05) is 5.73 Å². The molecule has 0 saturated carbocycles. The Morgan fingerprint density at radius 3 is 2.43 bits per heavy atom. The topological polar surface area (TPSA) is 65.2 Å². The Balaban J connectivity index is 1.73. The lowest BCUT2D eigenvalue weighted by Gasteiger charge is -2.08. The number of benzene rings is 2. The first kappa shape index (κ1) is 14.8. The quantitative estimate of drug-likeness (QED) is 0.730. The fraction of sp³-hybridized carbons (Fsp3) is 0.0526. The average Bonchev–Trinajstić information content (AvgIpc) is 2.62. The SMILES string of the molecule is Nc1ncc(-c2ccc(OCc3ccccc3)cc2)cc1C=O. The highest BCUT2D eigenvalue weighted by atomic mass is 16.5. The summed E-state index contributed by atoms with van der Waals surface area (Å²) < 4.78 is 5.76. The van der Waals surface area contributed by atoms with Gasteiger partial charge in [-0.25, -0.2) is 4.98 Å². The lowest BCUT2D eigenvalue weighted by molar-refractivity contribution is 0.112. The lowest BCUT2D eigenvalue weighted by Crippen LogP contribution is -1.97. The molecule has 3 rings (SSSR count). The first-order chi connectivity index (χ1) is 11.3. The number of hydrogen-bond acceptors (Lipinski definition) is 4. The molecule has 0 amide bonds. The number of ether oxygens (including phenoxy) is 1. The van der Waals surface area contributed by atoms with E-state index in [-0.39, 0.29) is 5.82 Å². The molecule has 1 aromatic heterocycles. The molecule has 0 atom stereocenters. The molecule has 0 aliphatic rings. The van der Waals surface area contributed by atoms with Crippen molar-refractivity contribution in [3.05, 3.63) is 78.0 Å². The first-order valence-electron chi connectivity index (χ1n) is 7.24. The maximum atomic E-state index is 10.9. The van der Waals surface area contributed by atoms with Gasteiger partial charge >= 0.3 is 0 Å². The summed E-state index contributed by atoms with van der Waals surface area (Å²) in [4.78, 5) is 15.0. The third-order valence-electron chi connectivity index (χ3n) is 3.51. The minimum absolute atomic E-state index is 0.242. The zero-order valence-corrected chi connectivity index (χ0v) is 12.5. The van der Waals surface area contributed by atoms with Crippen molar-refractivity contribution in [2.24, 2.45) is 0 Å². The predicted molar refractivity (Wildman–Crippen MR) is 90.2 cm³/mol. The van der Waals surface area contributed by atoms with Gasteiger partial charge in [0.2, 0.25) is 0 Å². The number of aldehydes is 1. The van der Waals surface area contributed by atoms with Crippen LogP contribution in [0.4, 0.5) is 5.82 Å². The van der Waals surface area contributed by atoms with Crippen molar-refractivity contribution in [1.29, 1.82) is 0 Å². The van der Waals surface area contributed by atoms with Gasteiger partial charge in [-0.05, 0) is 29.3 Å². The second-order valence-electron chi connectivity index (χ2n) is 5.11. The predicted octanol–water partition coefficient (Wildman–Crippen LogP) is 3.72. The highest BCUT2D eigenvalue weighted by molar-refractivity contribution is 5.84. The van der Waals surface area contributed by atoms with Crippen LogP contribution in [0, 0.1) is 0 Å². The van der Waals surface area contributed by atoms with Gasteiger partial charge in [0.05, 0.1) is 5.56 Å². The molecule has 4 heteroatoms. The summed E-state index contributed by atoms with van der Waals surface area (Å²) in [6.07, 6.45) is 2.37. The minimum Gasteiger partial charge on any atom is -0.489 e. The molecule has 0 fully saturated rings. The Morgan fingerprint density at radius 2 is 1.74 bits per heavy atom. The van der Waals surface area contributed by atoms with Gasteiger partial charge < -0.3 is 10.5 Å². The van der Waals surface area contributed by atoms with Crippen LogP contribution in [-0.4, -0.2) is 11.3 Å². The van der Waals surface area contributed by atoms with E-state index >= 15 is 0 Å². The van der Waals surface area contributed by atoms with E-state index in [1.807, 2.05) is 54.6 Å². The van der Waals surface area contributed by atoms with E-state index in [0.717, 1.165) is 22.4 Å². The van der Waals surface area contributed by atoms with Crippen LogP contribution in [0.2, 0.25) is 0 Å². The van der Waals surface area contributed by atoms with Crippen molar-refractivity contribution < 1.29 is 9.53 Å². The van der Waals surface area contributed by atoms with E-state index in [9.17, 15) is 4.79 Å². The number of nitrogens with zero attached hydrogens (tertiary/aromatic N) is 1. The number of nitrogens with two attached hydrogens (primary N) is 1. The normalized spacial score (nSPS) is 10.3. The zero-order chi connectivity index (χ0) is 16.1. The van der Waals surface area contributed by atoms with Gasteiger partial charge in [0.1, 0.15) is 18.2 Å². The summed E-state index contributed by atoms with van der Waals surface area (Å²) in [7, 11) is 0. The maximum Gasteiger partial charge on any atom is 0.153 e. The summed E-state index contributed by atoms with van der Waals surface area (Å²) in [5, 5.41) is 0. The van der Waals surface area contributed by atoms with Crippen molar-refractivity contribution in [2.45, 2.75) is 6.61 Å². The molecule has 3 aromatic rings. The van der Waals surface area contributed by atoms with E-state index in [1.165, 1.54) is 0 Å².